The van der Waals surface area contributed by atoms with Gasteiger partial charge in [-0.1, -0.05) is 13.8 Å². The van der Waals surface area contributed by atoms with E-state index < -0.39 is 0 Å². The first-order chi connectivity index (χ1) is 10.8. The number of nitrogens with zero attached hydrogens (tertiary/aromatic N) is 5. The Bertz CT molecular complexity index is 1030. The van der Waals surface area contributed by atoms with Crippen molar-refractivity contribution in [2.24, 2.45) is 20.0 Å². The van der Waals surface area contributed by atoms with Crippen LogP contribution in [0.2, 0.25) is 0 Å². The molecular weight excluding hydrogens is 294 g/mol. The van der Waals surface area contributed by atoms with Crippen molar-refractivity contribution in [3.05, 3.63) is 32.2 Å². The van der Waals surface area contributed by atoms with Gasteiger partial charge >= 0.3 is 5.69 Å². The van der Waals surface area contributed by atoms with Gasteiger partial charge in [0.25, 0.3) is 5.56 Å². The third-order valence-corrected chi connectivity index (χ3v) is 4.68. The normalized spacial score (nSPS) is 12.1. The maximum Gasteiger partial charge on any atom is 0.332 e. The van der Waals surface area contributed by atoms with Gasteiger partial charge in [-0.25, -0.2) is 4.79 Å². The SMILES string of the molecule is Cc1c(C)n2c3c(=O)n(C)c(=O)n(C)c3nc2n1CCC(C)C. The van der Waals surface area contributed by atoms with Crippen molar-refractivity contribution in [2.75, 3.05) is 0 Å². The average Bonchev–Trinajstić information content (AvgIpc) is 2.99. The van der Waals surface area contributed by atoms with E-state index >= 15 is 0 Å². The molecule has 0 N–H and O–H groups in total. The Balaban J connectivity index is 2.45. The van der Waals surface area contributed by atoms with Crippen LogP contribution in [0.25, 0.3) is 16.9 Å². The van der Waals surface area contributed by atoms with Crippen molar-refractivity contribution in [3.8, 4) is 0 Å². The highest BCUT2D eigenvalue weighted by atomic mass is 16.2. The topological polar surface area (TPSA) is 66.2 Å². The Hall–Kier alpha value is -2.31. The summed E-state index contributed by atoms with van der Waals surface area (Å²) in [4.78, 5) is 29.3. The quantitative estimate of drug-likeness (QED) is 0.732. The van der Waals surface area contributed by atoms with Crippen molar-refractivity contribution in [1.29, 1.82) is 0 Å². The largest absolute Gasteiger partial charge is 0.332 e. The summed E-state index contributed by atoms with van der Waals surface area (Å²) in [7, 11) is 3.15. The zero-order chi connectivity index (χ0) is 17.0. The van der Waals surface area contributed by atoms with Gasteiger partial charge in [-0.2, -0.15) is 4.98 Å². The number of hydrogen-bond donors (Lipinski definition) is 0. The molecule has 0 fully saturated rings. The summed E-state index contributed by atoms with van der Waals surface area (Å²) in [6, 6.07) is 0. The number of imidazole rings is 2. The molecule has 0 aliphatic rings. The highest BCUT2D eigenvalue weighted by Crippen LogP contribution is 2.21. The van der Waals surface area contributed by atoms with E-state index in [1.165, 1.54) is 11.6 Å². The molecule has 7 heteroatoms. The van der Waals surface area contributed by atoms with Crippen LogP contribution in [0.15, 0.2) is 9.59 Å². The molecular formula is C16H23N5O2. The minimum Gasteiger partial charge on any atom is -0.314 e. The van der Waals surface area contributed by atoms with E-state index in [0.717, 1.165) is 34.7 Å². The summed E-state index contributed by atoms with van der Waals surface area (Å²) in [5, 5.41) is 0. The van der Waals surface area contributed by atoms with Crippen LogP contribution in [0, 0.1) is 19.8 Å². The van der Waals surface area contributed by atoms with Gasteiger partial charge in [-0.05, 0) is 26.2 Å². The van der Waals surface area contributed by atoms with E-state index in [2.05, 4.69) is 23.4 Å². The Morgan fingerprint density at radius 1 is 1.04 bits per heavy atom. The summed E-state index contributed by atoms with van der Waals surface area (Å²) in [6.45, 7) is 9.25. The van der Waals surface area contributed by atoms with Gasteiger partial charge in [0.2, 0.25) is 5.78 Å². The van der Waals surface area contributed by atoms with Gasteiger partial charge in [-0.3, -0.25) is 18.3 Å². The van der Waals surface area contributed by atoms with Gasteiger partial charge < -0.3 is 4.57 Å². The number of rotatable bonds is 3. The van der Waals surface area contributed by atoms with E-state index in [9.17, 15) is 9.59 Å². The molecule has 0 atom stereocenters. The maximum absolute atomic E-state index is 12.6. The molecule has 0 saturated heterocycles. The Morgan fingerprint density at radius 3 is 2.30 bits per heavy atom. The number of aromatic nitrogens is 5. The molecule has 0 unspecified atom stereocenters. The van der Waals surface area contributed by atoms with Crippen molar-refractivity contribution in [2.45, 2.75) is 40.7 Å². The molecule has 3 aromatic rings. The lowest BCUT2D eigenvalue weighted by Crippen LogP contribution is -2.37. The number of aryl methyl sites for hydroxylation is 3. The van der Waals surface area contributed by atoms with Gasteiger partial charge in [-0.15, -0.1) is 0 Å². The van der Waals surface area contributed by atoms with Crippen LogP contribution in [0.5, 0.6) is 0 Å². The molecule has 3 rings (SSSR count). The van der Waals surface area contributed by atoms with Gasteiger partial charge in [0.05, 0.1) is 0 Å². The zero-order valence-corrected chi connectivity index (χ0v) is 14.5. The van der Waals surface area contributed by atoms with Crippen molar-refractivity contribution < 1.29 is 0 Å². The standard InChI is InChI=1S/C16H23N5O2/c1-9(2)7-8-20-10(3)11(4)21-12-13(17-15(20)21)18(5)16(23)19(6)14(12)22/h9H,7-8H2,1-6H3. The lowest BCUT2D eigenvalue weighted by molar-refractivity contribution is 0.517. The van der Waals surface area contributed by atoms with Crippen LogP contribution in [0.4, 0.5) is 0 Å². The number of hydrogen-bond acceptors (Lipinski definition) is 3. The lowest BCUT2D eigenvalue weighted by Gasteiger charge is -2.08. The van der Waals surface area contributed by atoms with Gasteiger partial charge in [0.15, 0.2) is 11.2 Å². The predicted octanol–water partition coefficient (Wildman–Crippen LogP) is 1.35. The number of fused-ring (bicyclic) bond motifs is 3. The first-order valence-corrected chi connectivity index (χ1v) is 7.89. The molecule has 3 aromatic heterocycles. The van der Waals surface area contributed by atoms with Crippen LogP contribution in [0.3, 0.4) is 0 Å². The van der Waals surface area contributed by atoms with Crippen LogP contribution in [-0.4, -0.2) is 23.1 Å². The summed E-state index contributed by atoms with van der Waals surface area (Å²) in [6.07, 6.45) is 1.03. The first kappa shape index (κ1) is 15.6. The fourth-order valence-electron chi connectivity index (χ4n) is 3.05. The molecule has 3 heterocycles. The molecule has 0 aliphatic carbocycles. The summed E-state index contributed by atoms with van der Waals surface area (Å²) in [5.41, 5.74) is 2.34. The van der Waals surface area contributed by atoms with E-state index in [-0.39, 0.29) is 11.2 Å². The minimum atomic E-state index is -0.355. The van der Waals surface area contributed by atoms with Crippen molar-refractivity contribution >= 4 is 16.9 Å². The fraction of sp³-hybridized carbons (Fsp3) is 0.562. The van der Waals surface area contributed by atoms with Gasteiger partial charge in [0, 0.05) is 32.0 Å². The van der Waals surface area contributed by atoms with Crippen LogP contribution in [0.1, 0.15) is 31.7 Å². The molecule has 0 amide bonds. The smallest absolute Gasteiger partial charge is 0.314 e. The first-order valence-electron chi connectivity index (χ1n) is 7.89. The van der Waals surface area contributed by atoms with Crippen molar-refractivity contribution in [3.63, 3.8) is 0 Å². The highest BCUT2D eigenvalue weighted by molar-refractivity contribution is 5.76. The molecule has 0 aliphatic heterocycles. The van der Waals surface area contributed by atoms with E-state index in [0.29, 0.717) is 17.1 Å². The zero-order valence-electron chi connectivity index (χ0n) is 14.5. The van der Waals surface area contributed by atoms with Crippen LogP contribution in [-0.2, 0) is 20.6 Å². The molecule has 0 saturated carbocycles. The minimum absolute atomic E-state index is 0.306. The maximum atomic E-state index is 12.6. The third-order valence-electron chi connectivity index (χ3n) is 4.68. The lowest BCUT2D eigenvalue weighted by atomic mass is 10.1. The molecule has 124 valence electrons. The predicted molar refractivity (Wildman–Crippen MR) is 90.1 cm³/mol. The van der Waals surface area contributed by atoms with Crippen molar-refractivity contribution in [1.82, 2.24) is 23.1 Å². The van der Waals surface area contributed by atoms with E-state index in [1.54, 1.807) is 7.05 Å². The molecule has 0 bridgehead atoms. The summed E-state index contributed by atoms with van der Waals surface area (Å²) >= 11 is 0. The molecule has 23 heavy (non-hydrogen) atoms. The second kappa shape index (κ2) is 5.11. The third kappa shape index (κ3) is 2.06. The second-order valence-electron chi connectivity index (χ2n) is 6.63. The average molecular weight is 317 g/mol. The molecule has 0 spiro atoms. The summed E-state index contributed by atoms with van der Waals surface area (Å²) < 4.78 is 6.59. The fourth-order valence-corrected chi connectivity index (χ4v) is 3.05. The molecule has 0 aromatic carbocycles. The Labute approximate surface area is 133 Å². The van der Waals surface area contributed by atoms with E-state index in [4.69, 9.17) is 0 Å². The molecule has 0 radical (unpaired) electrons. The van der Waals surface area contributed by atoms with Gasteiger partial charge in [0.1, 0.15) is 0 Å². The monoisotopic (exact) mass is 317 g/mol. The van der Waals surface area contributed by atoms with Crippen LogP contribution >= 0.6 is 0 Å². The Kier molecular flexibility index (Phi) is 3.46. The summed E-state index contributed by atoms with van der Waals surface area (Å²) in [5.74, 6) is 1.31. The second-order valence-corrected chi connectivity index (χ2v) is 6.63. The van der Waals surface area contributed by atoms with Crippen LogP contribution < -0.4 is 11.2 Å². The molecule has 7 nitrogen and oxygen atoms in total. The Morgan fingerprint density at radius 2 is 1.70 bits per heavy atom. The van der Waals surface area contributed by atoms with E-state index in [1.807, 2.05) is 18.2 Å². The highest BCUT2D eigenvalue weighted by Gasteiger charge is 2.21.